The van der Waals surface area contributed by atoms with Crippen LogP contribution in [-0.2, 0) is 22.9 Å². The third kappa shape index (κ3) is 6.37. The van der Waals surface area contributed by atoms with Crippen LogP contribution in [0.4, 0.5) is 32.0 Å². The third-order valence-corrected chi connectivity index (χ3v) is 6.35. The van der Waals surface area contributed by atoms with Crippen molar-refractivity contribution < 1.29 is 40.3 Å². The molecule has 40 heavy (non-hydrogen) atoms. The Balaban J connectivity index is 1.83. The summed E-state index contributed by atoms with van der Waals surface area (Å²) in [5.74, 6) is -4.87. The predicted octanol–water partition coefficient (Wildman–Crippen LogP) is 5.74. The van der Waals surface area contributed by atoms with Crippen LogP contribution in [0, 0.1) is 0 Å². The van der Waals surface area contributed by atoms with E-state index in [1.807, 2.05) is 32.9 Å². The smallest absolute Gasteiger partial charge is 0.418 e. The number of halogens is 6. The monoisotopic (exact) mass is 571 g/mol. The molecule has 0 saturated heterocycles. The minimum absolute atomic E-state index is 0.0353. The van der Waals surface area contributed by atoms with E-state index < -0.39 is 65.2 Å². The maximum Gasteiger partial charge on any atom is 0.418 e. The second-order valence-corrected chi connectivity index (χ2v) is 10.5. The van der Waals surface area contributed by atoms with Crippen LogP contribution in [0.15, 0.2) is 34.7 Å². The molecule has 0 spiro atoms. The lowest BCUT2D eigenvalue weighted by Gasteiger charge is -2.26. The molecule has 0 aliphatic carbocycles. The van der Waals surface area contributed by atoms with E-state index in [2.05, 4.69) is 15.2 Å². The molecule has 1 amide bonds. The Hall–Kier alpha value is -3.68. The molecule has 3 heterocycles. The SMILES string of the molecule is CC(C)(C)c1cccc(CN2CCCOCC(C(F)(F)F)c3nnc(o3)-c3nc(c(C(F)(F)F)cc3N)C2=O)c1. The van der Waals surface area contributed by atoms with Crippen molar-refractivity contribution in [2.24, 2.45) is 0 Å². The largest absolute Gasteiger partial charge is 0.418 e. The Morgan fingerprint density at radius 1 is 1.05 bits per heavy atom. The first kappa shape index (κ1) is 29.3. The van der Waals surface area contributed by atoms with Gasteiger partial charge in [-0.05, 0) is 29.0 Å². The van der Waals surface area contributed by atoms with Crippen LogP contribution in [0.3, 0.4) is 0 Å². The number of anilines is 1. The second-order valence-electron chi connectivity index (χ2n) is 10.5. The van der Waals surface area contributed by atoms with E-state index in [9.17, 15) is 31.1 Å². The van der Waals surface area contributed by atoms with E-state index in [0.717, 1.165) is 10.5 Å². The van der Waals surface area contributed by atoms with Crippen LogP contribution in [0.25, 0.3) is 11.6 Å². The van der Waals surface area contributed by atoms with Crippen LogP contribution in [0.1, 0.15) is 66.2 Å². The summed E-state index contributed by atoms with van der Waals surface area (Å²) < 4.78 is 93.6. The zero-order valence-electron chi connectivity index (χ0n) is 21.9. The number of ether oxygens (including phenoxy) is 1. The highest BCUT2D eigenvalue weighted by Gasteiger charge is 2.45. The number of carbonyl (C=O) groups is 1. The highest BCUT2D eigenvalue weighted by Crippen LogP contribution is 2.39. The van der Waals surface area contributed by atoms with Gasteiger partial charge in [0.05, 0.1) is 17.9 Å². The van der Waals surface area contributed by atoms with Gasteiger partial charge in [-0.15, -0.1) is 10.2 Å². The van der Waals surface area contributed by atoms with Gasteiger partial charge in [0.15, 0.2) is 11.6 Å². The number of hydrogen-bond donors (Lipinski definition) is 1. The average molecular weight is 572 g/mol. The molecule has 0 saturated carbocycles. The first-order chi connectivity index (χ1) is 18.6. The molecule has 1 unspecified atom stereocenters. The number of carbonyl (C=O) groups excluding carboxylic acids is 1. The van der Waals surface area contributed by atoms with E-state index in [1.165, 1.54) is 0 Å². The summed E-state index contributed by atoms with van der Waals surface area (Å²) in [5, 5.41) is 6.93. The van der Waals surface area contributed by atoms with Crippen LogP contribution >= 0.6 is 0 Å². The molecule has 8 nitrogen and oxygen atoms in total. The Kier molecular flexibility index (Phi) is 7.85. The number of nitrogens with zero attached hydrogens (tertiary/aromatic N) is 4. The van der Waals surface area contributed by atoms with Crippen molar-refractivity contribution in [3.8, 4) is 11.6 Å². The first-order valence-corrected chi connectivity index (χ1v) is 12.3. The number of hydrogen-bond acceptors (Lipinski definition) is 7. The molecule has 0 radical (unpaired) electrons. The normalized spacial score (nSPS) is 17.6. The molecule has 216 valence electrons. The summed E-state index contributed by atoms with van der Waals surface area (Å²) in [7, 11) is 0. The van der Waals surface area contributed by atoms with Crippen molar-refractivity contribution in [1.29, 1.82) is 0 Å². The van der Waals surface area contributed by atoms with Gasteiger partial charge in [0.1, 0.15) is 5.69 Å². The first-order valence-electron chi connectivity index (χ1n) is 12.3. The standard InChI is InChI=1S/C26H27F6N5O3/c1-24(2,3)15-7-4-6-14(10-15)12-37-8-5-9-39-13-17(26(30,31)32)21-35-36-22(40-21)20-18(33)11-16(25(27,28)29)19(34-20)23(37)38/h4,6-7,10-11,17H,5,8-9,12-13,33H2,1-3H3. The summed E-state index contributed by atoms with van der Waals surface area (Å²) in [4.78, 5) is 18.6. The van der Waals surface area contributed by atoms with Crippen molar-refractivity contribution in [3.05, 3.63) is 58.6 Å². The van der Waals surface area contributed by atoms with Crippen molar-refractivity contribution in [3.63, 3.8) is 0 Å². The fourth-order valence-corrected chi connectivity index (χ4v) is 4.17. The summed E-state index contributed by atoms with van der Waals surface area (Å²) in [6.45, 7) is 4.71. The van der Waals surface area contributed by atoms with E-state index >= 15 is 0 Å². The zero-order chi connectivity index (χ0) is 29.5. The van der Waals surface area contributed by atoms with Gasteiger partial charge in [0.2, 0.25) is 5.89 Å². The molecule has 1 aromatic carbocycles. The predicted molar refractivity (Wildman–Crippen MR) is 131 cm³/mol. The Morgan fingerprint density at radius 3 is 2.42 bits per heavy atom. The minimum Gasteiger partial charge on any atom is -0.418 e. The fraction of sp³-hybridized carbons (Fsp3) is 0.462. The highest BCUT2D eigenvalue weighted by molar-refractivity contribution is 5.95. The van der Waals surface area contributed by atoms with Crippen LogP contribution in [0.2, 0.25) is 0 Å². The third-order valence-electron chi connectivity index (χ3n) is 6.35. The van der Waals surface area contributed by atoms with Gasteiger partial charge in [-0.3, -0.25) is 4.79 Å². The number of aromatic nitrogens is 3. The number of benzene rings is 1. The lowest BCUT2D eigenvalue weighted by molar-refractivity contribution is -0.167. The highest BCUT2D eigenvalue weighted by atomic mass is 19.4. The van der Waals surface area contributed by atoms with E-state index in [0.29, 0.717) is 11.6 Å². The number of rotatable bonds is 2. The van der Waals surface area contributed by atoms with Gasteiger partial charge in [-0.2, -0.15) is 26.3 Å². The van der Waals surface area contributed by atoms with Crippen LogP contribution in [0.5, 0.6) is 0 Å². The molecule has 0 fully saturated rings. The molecule has 2 N–H and O–H groups in total. The van der Waals surface area contributed by atoms with Gasteiger partial charge in [0, 0.05) is 19.7 Å². The maximum absolute atomic E-state index is 14.0. The molecule has 4 bridgehead atoms. The topological polar surface area (TPSA) is 107 Å². The fourth-order valence-electron chi connectivity index (χ4n) is 4.17. The molecule has 1 atom stereocenters. The molecule has 14 heteroatoms. The number of nitrogens with two attached hydrogens (primary N) is 1. The Morgan fingerprint density at radius 2 is 1.77 bits per heavy atom. The van der Waals surface area contributed by atoms with Gasteiger partial charge >= 0.3 is 12.4 Å². The van der Waals surface area contributed by atoms with Crippen molar-refractivity contribution in [2.45, 2.75) is 57.4 Å². The summed E-state index contributed by atoms with van der Waals surface area (Å²) >= 11 is 0. The molecule has 4 rings (SSSR count). The van der Waals surface area contributed by atoms with Crippen LogP contribution < -0.4 is 5.73 Å². The number of pyridine rings is 1. The summed E-state index contributed by atoms with van der Waals surface area (Å²) in [6.07, 6.45) is -9.79. The van der Waals surface area contributed by atoms with Gasteiger partial charge in [-0.25, -0.2) is 4.98 Å². The van der Waals surface area contributed by atoms with Gasteiger partial charge in [0.25, 0.3) is 11.8 Å². The van der Waals surface area contributed by atoms with Gasteiger partial charge in [-0.1, -0.05) is 45.0 Å². The number of amides is 1. The van der Waals surface area contributed by atoms with Gasteiger partial charge < -0.3 is 19.8 Å². The Bertz CT molecular complexity index is 1380. The number of alkyl halides is 6. The molecule has 1 aliphatic heterocycles. The van der Waals surface area contributed by atoms with Crippen molar-refractivity contribution >= 4 is 11.6 Å². The van der Waals surface area contributed by atoms with E-state index in [1.54, 1.807) is 12.1 Å². The quantitative estimate of drug-likeness (QED) is 0.391. The maximum atomic E-state index is 14.0. The Labute approximate surface area is 225 Å². The lowest BCUT2D eigenvalue weighted by Crippen LogP contribution is -2.35. The number of fused-ring (bicyclic) bond motifs is 5. The van der Waals surface area contributed by atoms with E-state index in [4.69, 9.17) is 14.9 Å². The molecule has 1 aliphatic rings. The summed E-state index contributed by atoms with van der Waals surface area (Å²) in [6, 6.07) is 7.74. The molecule has 3 aromatic rings. The molecule has 2 aromatic heterocycles. The average Bonchev–Trinajstić information content (AvgIpc) is 3.32. The van der Waals surface area contributed by atoms with Crippen LogP contribution in [-0.4, -0.2) is 51.9 Å². The van der Waals surface area contributed by atoms with Crippen molar-refractivity contribution in [2.75, 3.05) is 25.5 Å². The lowest BCUT2D eigenvalue weighted by atomic mass is 9.86. The van der Waals surface area contributed by atoms with E-state index in [-0.39, 0.29) is 31.5 Å². The molecular weight excluding hydrogens is 544 g/mol. The minimum atomic E-state index is -5.02. The molecular formula is C26H27F6N5O3. The second kappa shape index (κ2) is 10.7. The van der Waals surface area contributed by atoms with Crippen molar-refractivity contribution in [1.82, 2.24) is 20.1 Å². The number of nitrogen functional groups attached to an aromatic ring is 1. The summed E-state index contributed by atoms with van der Waals surface area (Å²) in [5.41, 5.74) is 3.61. The zero-order valence-corrected chi connectivity index (χ0v) is 21.9.